The lowest BCUT2D eigenvalue weighted by atomic mass is 9.95. The second-order valence-electron chi connectivity index (χ2n) is 7.41. The van der Waals surface area contributed by atoms with Crippen molar-refractivity contribution in [3.63, 3.8) is 0 Å². The van der Waals surface area contributed by atoms with Gasteiger partial charge in [0.2, 0.25) is 0 Å². The largest absolute Gasteiger partial charge is 0.461 e. The second kappa shape index (κ2) is 7.17. The Labute approximate surface area is 148 Å². The van der Waals surface area contributed by atoms with E-state index in [4.69, 9.17) is 11.2 Å². The molecule has 3 rings (SSSR count). The van der Waals surface area contributed by atoms with Gasteiger partial charge in [-0.25, -0.2) is 0 Å². The Bertz CT molecular complexity index is 655. The third-order valence-corrected chi connectivity index (χ3v) is 5.97. The van der Waals surface area contributed by atoms with Gasteiger partial charge in [-0.05, 0) is 11.5 Å². The molecule has 0 aliphatic carbocycles. The Balaban J connectivity index is 1.69. The molecule has 2 aliphatic rings. The van der Waals surface area contributed by atoms with Gasteiger partial charge in [-0.3, -0.25) is 4.79 Å². The average Bonchev–Trinajstić information content (AvgIpc) is 2.72. The average molecular weight is 344 g/mol. The number of hydrogen-bond acceptors (Lipinski definition) is 4. The molecular formula is C20H26NO4+. The number of rotatable bonds is 5. The zero-order valence-electron chi connectivity index (χ0n) is 14.5. The first-order valence-corrected chi connectivity index (χ1v) is 8.82. The minimum Gasteiger partial charge on any atom is -0.461 e. The molecule has 2 N–H and O–H groups in total. The molecule has 0 radical (unpaired) electrons. The summed E-state index contributed by atoms with van der Waals surface area (Å²) in [5, 5.41) is 20.0. The number of likely N-dealkylation sites (N-methyl/N-ethyl adjacent to an activating group) is 1. The van der Waals surface area contributed by atoms with Crippen molar-refractivity contribution < 1.29 is 24.2 Å². The monoisotopic (exact) mass is 344 g/mol. The summed E-state index contributed by atoms with van der Waals surface area (Å²) in [7, 11) is 2.09. The third-order valence-electron chi connectivity index (χ3n) is 5.97. The number of hydrogen-bond donors (Lipinski definition) is 2. The Morgan fingerprint density at radius 3 is 2.68 bits per heavy atom. The van der Waals surface area contributed by atoms with E-state index in [9.17, 15) is 15.0 Å². The molecular weight excluding hydrogens is 318 g/mol. The van der Waals surface area contributed by atoms with Crippen LogP contribution >= 0.6 is 0 Å². The molecule has 0 aromatic heterocycles. The smallest absolute Gasteiger partial charge is 0.316 e. The summed E-state index contributed by atoms with van der Waals surface area (Å²) in [6.07, 6.45) is 6.87. The number of carbonyl (C=O) groups is 1. The Morgan fingerprint density at radius 2 is 2.08 bits per heavy atom. The molecule has 5 heteroatoms. The quantitative estimate of drug-likeness (QED) is 0.476. The Morgan fingerprint density at radius 1 is 1.36 bits per heavy atom. The highest BCUT2D eigenvalue weighted by Crippen LogP contribution is 2.42. The molecule has 25 heavy (non-hydrogen) atoms. The molecule has 0 saturated carbocycles. The van der Waals surface area contributed by atoms with Crippen molar-refractivity contribution in [1.82, 2.24) is 0 Å². The number of aliphatic hydroxyl groups excluding tert-OH is 2. The molecule has 2 bridgehead atoms. The number of piperidine rings is 1. The minimum absolute atomic E-state index is 0.00287. The van der Waals surface area contributed by atoms with Crippen LogP contribution < -0.4 is 0 Å². The van der Waals surface area contributed by atoms with Crippen molar-refractivity contribution >= 4 is 5.97 Å². The van der Waals surface area contributed by atoms with Crippen LogP contribution in [0.2, 0.25) is 0 Å². The summed E-state index contributed by atoms with van der Waals surface area (Å²) < 4.78 is 6.39. The highest BCUT2D eigenvalue weighted by molar-refractivity contribution is 5.78. The van der Waals surface area contributed by atoms with E-state index in [2.05, 4.69) is 13.0 Å². The van der Waals surface area contributed by atoms with Crippen molar-refractivity contribution in [1.29, 1.82) is 0 Å². The fourth-order valence-electron chi connectivity index (χ4n) is 4.53. The van der Waals surface area contributed by atoms with Gasteiger partial charge >= 0.3 is 5.97 Å². The lowest BCUT2D eigenvalue weighted by Gasteiger charge is -2.45. The predicted octanol–water partition coefficient (Wildman–Crippen LogP) is 1.05. The highest BCUT2D eigenvalue weighted by Gasteiger charge is 2.56. The van der Waals surface area contributed by atoms with Crippen molar-refractivity contribution in [2.45, 2.75) is 49.5 Å². The number of aliphatic hydroxyl groups is 2. The molecule has 1 aromatic carbocycles. The summed E-state index contributed by atoms with van der Waals surface area (Å²) in [4.78, 5) is 12.6. The first-order chi connectivity index (χ1) is 12.0. The van der Waals surface area contributed by atoms with E-state index in [0.717, 1.165) is 5.56 Å². The summed E-state index contributed by atoms with van der Waals surface area (Å²) in [5.74, 6) is 1.65. The van der Waals surface area contributed by atoms with Gasteiger partial charge in [0.15, 0.2) is 0 Å². The number of quaternary nitrogens is 1. The van der Waals surface area contributed by atoms with Crippen LogP contribution in [0.1, 0.15) is 30.7 Å². The first kappa shape index (κ1) is 17.9. The van der Waals surface area contributed by atoms with Crippen molar-refractivity contribution in [2.75, 3.05) is 20.2 Å². The fraction of sp³-hybridized carbons (Fsp3) is 0.550. The van der Waals surface area contributed by atoms with Crippen LogP contribution in [0.15, 0.2) is 30.3 Å². The number of terminal acetylenes is 1. The number of fused-ring (bicyclic) bond motifs is 2. The molecule has 0 spiro atoms. The molecule has 2 fully saturated rings. The summed E-state index contributed by atoms with van der Waals surface area (Å²) >= 11 is 0. The molecule has 5 nitrogen and oxygen atoms in total. The standard InChI is InChI=1S/C20H26NO4/c1-3-9-21(2)15-10-16(12-18(21)19(23)11-15)25-20(24)17(13-22)14-7-5-4-6-8-14/h1,4-8,15-19,22-23H,9-13H2,2H3/q+1/t15-,16?,17?,18+,19?,21?/m1/s1. The molecule has 2 saturated heterocycles. The molecule has 2 aliphatic heterocycles. The van der Waals surface area contributed by atoms with E-state index in [1.165, 1.54) is 0 Å². The van der Waals surface area contributed by atoms with Gasteiger partial charge < -0.3 is 19.4 Å². The van der Waals surface area contributed by atoms with E-state index in [-0.39, 0.29) is 24.8 Å². The molecule has 6 atom stereocenters. The van der Waals surface area contributed by atoms with Crippen molar-refractivity contribution in [3.8, 4) is 12.3 Å². The highest BCUT2D eigenvalue weighted by atomic mass is 16.5. The minimum atomic E-state index is -0.669. The Kier molecular flexibility index (Phi) is 5.14. The molecule has 1 aromatic rings. The van der Waals surface area contributed by atoms with Crippen molar-refractivity contribution in [3.05, 3.63) is 35.9 Å². The lowest BCUT2D eigenvalue weighted by molar-refractivity contribution is -0.944. The molecule has 4 unspecified atom stereocenters. The number of ether oxygens (including phenoxy) is 1. The maximum absolute atomic E-state index is 12.6. The van der Waals surface area contributed by atoms with Crippen LogP contribution in [-0.2, 0) is 9.53 Å². The lowest BCUT2D eigenvalue weighted by Crippen LogP contribution is -2.60. The van der Waals surface area contributed by atoms with E-state index < -0.39 is 18.0 Å². The number of nitrogens with zero attached hydrogens (tertiary/aromatic N) is 1. The van der Waals surface area contributed by atoms with Gasteiger partial charge in [0.1, 0.15) is 30.7 Å². The third kappa shape index (κ3) is 3.30. The van der Waals surface area contributed by atoms with E-state index >= 15 is 0 Å². The second-order valence-corrected chi connectivity index (χ2v) is 7.41. The van der Waals surface area contributed by atoms with Crippen LogP contribution in [0.5, 0.6) is 0 Å². The van der Waals surface area contributed by atoms with Crippen molar-refractivity contribution in [2.24, 2.45) is 0 Å². The molecule has 134 valence electrons. The first-order valence-electron chi connectivity index (χ1n) is 8.82. The number of benzene rings is 1. The van der Waals surface area contributed by atoms with Gasteiger partial charge in [-0.1, -0.05) is 30.3 Å². The zero-order chi connectivity index (χ0) is 18.0. The SMILES string of the molecule is C#CC[N+]1(C)[C@@H]2CC(OC(=O)C(CO)c3ccccc3)C[C@H]1C(O)C2. The van der Waals surface area contributed by atoms with Gasteiger partial charge in [-0.15, -0.1) is 6.42 Å². The topological polar surface area (TPSA) is 66.8 Å². The summed E-state index contributed by atoms with van der Waals surface area (Å²) in [6.45, 7) is 0.298. The van der Waals surface area contributed by atoms with Gasteiger partial charge in [0.25, 0.3) is 0 Å². The van der Waals surface area contributed by atoms with Gasteiger partial charge in [-0.2, -0.15) is 0 Å². The maximum atomic E-state index is 12.6. The van der Waals surface area contributed by atoms with Gasteiger partial charge in [0.05, 0.1) is 19.7 Å². The van der Waals surface area contributed by atoms with Crippen LogP contribution in [0, 0.1) is 12.3 Å². The molecule has 2 heterocycles. The van der Waals surface area contributed by atoms with Gasteiger partial charge in [0, 0.05) is 19.3 Å². The summed E-state index contributed by atoms with van der Waals surface area (Å²) in [5.41, 5.74) is 0.752. The normalized spacial score (nSPS) is 35.0. The fourth-order valence-corrected chi connectivity index (χ4v) is 4.53. The zero-order valence-corrected chi connectivity index (χ0v) is 14.5. The predicted molar refractivity (Wildman–Crippen MR) is 93.5 cm³/mol. The van der Waals surface area contributed by atoms with E-state index in [1.807, 2.05) is 30.3 Å². The maximum Gasteiger partial charge on any atom is 0.316 e. The number of carbonyl (C=O) groups excluding carboxylic acids is 1. The number of esters is 1. The van der Waals surface area contributed by atoms with E-state index in [0.29, 0.717) is 30.3 Å². The molecule has 0 amide bonds. The van der Waals surface area contributed by atoms with Crippen LogP contribution in [-0.4, -0.2) is 65.2 Å². The van der Waals surface area contributed by atoms with E-state index in [1.54, 1.807) is 0 Å². The summed E-state index contributed by atoms with van der Waals surface area (Å²) in [6, 6.07) is 9.38. The Hall–Kier alpha value is -1.87. The van der Waals surface area contributed by atoms with Crippen LogP contribution in [0.3, 0.4) is 0 Å². The van der Waals surface area contributed by atoms with Crippen LogP contribution in [0.4, 0.5) is 0 Å². The van der Waals surface area contributed by atoms with Crippen LogP contribution in [0.25, 0.3) is 0 Å².